The quantitative estimate of drug-likeness (QED) is 0.405. The lowest BCUT2D eigenvalue weighted by atomic mass is 10.2. The number of non-ortho nitro benzene ring substituents is 1. The van der Waals surface area contributed by atoms with Gasteiger partial charge in [0.05, 0.1) is 23.4 Å². The molecule has 0 aliphatic heterocycles. The molecule has 0 saturated carbocycles. The van der Waals surface area contributed by atoms with Crippen LogP contribution >= 0.6 is 0 Å². The molecule has 2 aromatic carbocycles. The van der Waals surface area contributed by atoms with Gasteiger partial charge in [0.15, 0.2) is 17.4 Å². The number of methoxy groups -OCH3 is 1. The van der Waals surface area contributed by atoms with Crippen LogP contribution < -0.4 is 10.4 Å². The van der Waals surface area contributed by atoms with Gasteiger partial charge < -0.3 is 4.74 Å². The molecule has 0 unspecified atom stereocenters. The molecule has 10 heteroatoms. The number of imidazole rings is 1. The van der Waals surface area contributed by atoms with E-state index in [1.165, 1.54) is 30.5 Å². The van der Waals surface area contributed by atoms with Gasteiger partial charge in [0.2, 0.25) is 5.82 Å². The second-order valence-corrected chi connectivity index (χ2v) is 5.13. The smallest absolute Gasteiger partial charge is 0.337 e. The molecule has 1 heterocycles. The minimum absolute atomic E-state index is 0.174. The molecule has 0 atom stereocenters. The van der Waals surface area contributed by atoms with E-state index in [-0.39, 0.29) is 11.4 Å². The molecule has 3 rings (SSSR count). The number of aromatic nitrogens is 2. The lowest BCUT2D eigenvalue weighted by molar-refractivity contribution is -0.384. The molecule has 3 aromatic rings. The van der Waals surface area contributed by atoms with Crippen molar-refractivity contribution in [3.63, 3.8) is 0 Å². The van der Waals surface area contributed by atoms with Crippen LogP contribution in [-0.2, 0) is 0 Å². The van der Waals surface area contributed by atoms with Crippen LogP contribution in [0.3, 0.4) is 0 Å². The predicted octanol–water partition coefficient (Wildman–Crippen LogP) is 2.96. The van der Waals surface area contributed by atoms with Crippen molar-refractivity contribution in [2.75, 3.05) is 7.11 Å². The lowest BCUT2D eigenvalue weighted by Crippen LogP contribution is -2.23. The van der Waals surface area contributed by atoms with E-state index in [2.05, 4.69) is 4.74 Å². The molecule has 0 amide bonds. The molecular formula is C16H10F3N3O4. The first kappa shape index (κ1) is 17.3. The van der Waals surface area contributed by atoms with Gasteiger partial charge >= 0.3 is 5.69 Å². The number of ether oxygens (including phenoxy) is 1. The monoisotopic (exact) mass is 365 g/mol. The fourth-order valence-corrected chi connectivity index (χ4v) is 2.42. The summed E-state index contributed by atoms with van der Waals surface area (Å²) in [5.41, 5.74) is -1.37. The summed E-state index contributed by atoms with van der Waals surface area (Å²) in [7, 11) is 0.984. The third-order valence-electron chi connectivity index (χ3n) is 3.68. The summed E-state index contributed by atoms with van der Waals surface area (Å²) in [6, 6.07) is 5.64. The summed E-state index contributed by atoms with van der Waals surface area (Å²) in [5, 5.41) is 10.7. The van der Waals surface area contributed by atoms with Gasteiger partial charge in [-0.15, -0.1) is 0 Å². The molecule has 26 heavy (non-hydrogen) atoms. The largest absolute Gasteiger partial charge is 0.491 e. The topological polar surface area (TPSA) is 79.3 Å². The molecule has 0 fully saturated rings. The summed E-state index contributed by atoms with van der Waals surface area (Å²) >= 11 is 0. The zero-order valence-corrected chi connectivity index (χ0v) is 13.1. The minimum atomic E-state index is -1.56. The Morgan fingerprint density at radius 3 is 2.23 bits per heavy atom. The highest BCUT2D eigenvalue weighted by Gasteiger charge is 2.22. The fraction of sp³-hybridized carbons (Fsp3) is 0.0625. The summed E-state index contributed by atoms with van der Waals surface area (Å²) in [5.74, 6) is -5.07. The molecule has 0 saturated heterocycles. The standard InChI is InChI=1S/C16H10F3N3O4/c1-26-15-11(17)8-12(13(18)14(15)19)21-7-6-20(16(21)23)9-2-4-10(5-3-9)22(24)25/h2-8H,1H3. The van der Waals surface area contributed by atoms with Crippen LogP contribution in [0.25, 0.3) is 11.4 Å². The highest BCUT2D eigenvalue weighted by atomic mass is 19.2. The number of nitro groups is 1. The predicted molar refractivity (Wildman–Crippen MR) is 84.4 cm³/mol. The summed E-state index contributed by atoms with van der Waals surface area (Å²) < 4.78 is 48.1. The minimum Gasteiger partial charge on any atom is -0.491 e. The highest BCUT2D eigenvalue weighted by Crippen LogP contribution is 2.28. The van der Waals surface area contributed by atoms with Crippen molar-refractivity contribution < 1.29 is 22.8 Å². The van der Waals surface area contributed by atoms with Crippen molar-refractivity contribution >= 4 is 5.69 Å². The Balaban J connectivity index is 2.11. The zero-order valence-electron chi connectivity index (χ0n) is 13.1. The molecule has 134 valence electrons. The van der Waals surface area contributed by atoms with Crippen LogP contribution in [0.4, 0.5) is 18.9 Å². The third-order valence-corrected chi connectivity index (χ3v) is 3.68. The van der Waals surface area contributed by atoms with Crippen molar-refractivity contribution in [1.29, 1.82) is 0 Å². The maximum Gasteiger partial charge on any atom is 0.337 e. The van der Waals surface area contributed by atoms with Crippen LogP contribution in [-0.4, -0.2) is 21.2 Å². The Morgan fingerprint density at radius 1 is 1.04 bits per heavy atom. The van der Waals surface area contributed by atoms with Gasteiger partial charge in [-0.3, -0.25) is 19.2 Å². The maximum absolute atomic E-state index is 14.2. The van der Waals surface area contributed by atoms with E-state index in [0.29, 0.717) is 10.6 Å². The number of benzene rings is 2. The molecule has 1 aromatic heterocycles. The van der Waals surface area contributed by atoms with E-state index in [0.717, 1.165) is 17.9 Å². The maximum atomic E-state index is 14.2. The summed E-state index contributed by atoms with van der Waals surface area (Å²) in [6.45, 7) is 0. The van der Waals surface area contributed by atoms with E-state index in [1.807, 2.05) is 0 Å². The van der Waals surface area contributed by atoms with Crippen molar-refractivity contribution in [3.05, 3.63) is 80.8 Å². The number of halogens is 3. The Labute approximate surface area is 143 Å². The molecule has 7 nitrogen and oxygen atoms in total. The lowest BCUT2D eigenvalue weighted by Gasteiger charge is -2.09. The second-order valence-electron chi connectivity index (χ2n) is 5.13. The molecule has 0 aliphatic rings. The number of rotatable bonds is 4. The van der Waals surface area contributed by atoms with Crippen LogP contribution in [0.15, 0.2) is 47.5 Å². The Hall–Kier alpha value is -3.56. The van der Waals surface area contributed by atoms with Crippen molar-refractivity contribution in [1.82, 2.24) is 9.13 Å². The van der Waals surface area contributed by atoms with Gasteiger partial charge in [-0.05, 0) is 12.1 Å². The van der Waals surface area contributed by atoms with Crippen LogP contribution in [0.1, 0.15) is 0 Å². The first-order valence-electron chi connectivity index (χ1n) is 7.12. The normalized spacial score (nSPS) is 10.8. The molecule has 0 N–H and O–H groups in total. The Bertz CT molecular complexity index is 1060. The van der Waals surface area contributed by atoms with Crippen molar-refractivity contribution in [2.45, 2.75) is 0 Å². The van der Waals surface area contributed by atoms with Crippen molar-refractivity contribution in [2.24, 2.45) is 0 Å². The Kier molecular flexibility index (Phi) is 4.24. The van der Waals surface area contributed by atoms with Gasteiger partial charge in [0, 0.05) is 30.6 Å². The average molecular weight is 365 g/mol. The van der Waals surface area contributed by atoms with Crippen molar-refractivity contribution in [3.8, 4) is 17.1 Å². The molecular weight excluding hydrogens is 355 g/mol. The van der Waals surface area contributed by atoms with E-state index in [4.69, 9.17) is 0 Å². The first-order valence-corrected chi connectivity index (χ1v) is 7.12. The average Bonchev–Trinajstić information content (AvgIpc) is 3.00. The van der Waals surface area contributed by atoms with Gasteiger partial charge in [0.25, 0.3) is 5.69 Å². The number of nitro benzene ring substituents is 1. The fourth-order valence-electron chi connectivity index (χ4n) is 2.42. The van der Waals surface area contributed by atoms with E-state index >= 15 is 0 Å². The Morgan fingerprint density at radius 2 is 1.65 bits per heavy atom. The SMILES string of the molecule is COc1c(F)cc(-n2ccn(-c3ccc([N+](=O)[O-])cc3)c2=O)c(F)c1F. The van der Waals surface area contributed by atoms with Crippen LogP contribution in [0.2, 0.25) is 0 Å². The van der Waals surface area contributed by atoms with Gasteiger partial charge in [-0.2, -0.15) is 4.39 Å². The van der Waals surface area contributed by atoms with Crippen LogP contribution in [0.5, 0.6) is 5.75 Å². The number of nitrogens with zero attached hydrogens (tertiary/aromatic N) is 3. The molecule has 0 aliphatic carbocycles. The third kappa shape index (κ3) is 2.70. The summed E-state index contributed by atoms with van der Waals surface area (Å²) in [6.07, 6.45) is 2.36. The first-order chi connectivity index (χ1) is 12.3. The highest BCUT2D eigenvalue weighted by molar-refractivity contribution is 5.44. The van der Waals surface area contributed by atoms with E-state index < -0.39 is 39.5 Å². The van der Waals surface area contributed by atoms with Gasteiger partial charge in [-0.1, -0.05) is 0 Å². The van der Waals surface area contributed by atoms with Gasteiger partial charge in [0.1, 0.15) is 0 Å². The van der Waals surface area contributed by atoms with E-state index in [9.17, 15) is 28.1 Å². The number of hydrogen-bond donors (Lipinski definition) is 0. The van der Waals surface area contributed by atoms with E-state index in [1.54, 1.807) is 0 Å². The van der Waals surface area contributed by atoms with Gasteiger partial charge in [-0.25, -0.2) is 13.6 Å². The molecule has 0 radical (unpaired) electrons. The number of hydrogen-bond acceptors (Lipinski definition) is 4. The molecule has 0 bridgehead atoms. The molecule has 0 spiro atoms. The second kappa shape index (κ2) is 6.39. The van der Waals surface area contributed by atoms with Crippen LogP contribution in [0, 0.1) is 27.6 Å². The summed E-state index contributed by atoms with van der Waals surface area (Å²) in [4.78, 5) is 22.5. The zero-order chi connectivity index (χ0) is 19.0.